The van der Waals surface area contributed by atoms with Gasteiger partial charge in [-0.25, -0.2) is 0 Å². The Morgan fingerprint density at radius 1 is 0.781 bits per heavy atom. The van der Waals surface area contributed by atoms with Crippen LogP contribution in [0.2, 0.25) is 0 Å². The summed E-state index contributed by atoms with van der Waals surface area (Å²) < 4.78 is 21.5. The lowest BCUT2D eigenvalue weighted by atomic mass is 10.1. The molecule has 0 spiro atoms. The normalized spacial score (nSPS) is 10.9. The maximum atomic E-state index is 12.0. The van der Waals surface area contributed by atoms with E-state index in [2.05, 4.69) is 32.6 Å². The molecule has 0 fully saturated rings. The molecule has 176 valence electrons. The van der Waals surface area contributed by atoms with E-state index in [0.717, 1.165) is 24.2 Å². The van der Waals surface area contributed by atoms with Crippen LogP contribution in [0, 0.1) is 6.92 Å². The smallest absolute Gasteiger partial charge is 0.222 e. The number of carbonyl (C=O) groups is 1. The molecule has 32 heavy (non-hydrogen) atoms. The van der Waals surface area contributed by atoms with E-state index in [1.165, 1.54) is 0 Å². The number of aryl methyl sites for hydroxylation is 1. The Kier molecular flexibility index (Phi) is 13.0. The van der Waals surface area contributed by atoms with Crippen LogP contribution in [0.4, 0.5) is 0 Å². The first-order chi connectivity index (χ1) is 15.7. The Morgan fingerprint density at radius 2 is 1.31 bits per heavy atom. The molecule has 0 aliphatic carbocycles. The van der Waals surface area contributed by atoms with E-state index in [9.17, 15) is 4.79 Å². The van der Waals surface area contributed by atoms with Crippen LogP contribution in [-0.4, -0.2) is 79.2 Å². The van der Waals surface area contributed by atoms with Crippen molar-refractivity contribution in [3.05, 3.63) is 35.7 Å². The number of carbonyl (C=O) groups excluding carboxylic acids is 1. The fourth-order valence-electron chi connectivity index (χ4n) is 2.53. The Morgan fingerprint density at radius 3 is 1.88 bits per heavy atom. The Hall–Kier alpha value is -2.53. The van der Waals surface area contributed by atoms with Crippen LogP contribution in [-0.2, 0) is 30.3 Å². The van der Waals surface area contributed by atoms with Crippen LogP contribution in [0.25, 0.3) is 11.4 Å². The van der Waals surface area contributed by atoms with Crippen molar-refractivity contribution in [3.8, 4) is 11.4 Å². The monoisotopic (exact) mass is 447 g/mol. The highest BCUT2D eigenvalue weighted by molar-refractivity contribution is 5.75. The van der Waals surface area contributed by atoms with Crippen molar-refractivity contribution in [3.63, 3.8) is 0 Å². The van der Waals surface area contributed by atoms with Crippen molar-refractivity contribution in [2.24, 2.45) is 0 Å². The SMILES string of the molecule is CCCOCCOCCOCCOCCC(=O)NCc1ccc(-c2nnc(C)nn2)cc1. The summed E-state index contributed by atoms with van der Waals surface area (Å²) in [6.07, 6.45) is 1.31. The first kappa shape index (κ1) is 25.7. The summed E-state index contributed by atoms with van der Waals surface area (Å²) in [4.78, 5) is 12.0. The van der Waals surface area contributed by atoms with E-state index in [0.29, 0.717) is 70.9 Å². The second kappa shape index (κ2) is 16.2. The molecule has 1 heterocycles. The van der Waals surface area contributed by atoms with Gasteiger partial charge in [-0.2, -0.15) is 0 Å². The molecule has 1 aromatic heterocycles. The fourth-order valence-corrected chi connectivity index (χ4v) is 2.53. The second-order valence-electron chi connectivity index (χ2n) is 6.94. The number of hydrogen-bond donors (Lipinski definition) is 1. The first-order valence-electron chi connectivity index (χ1n) is 10.9. The lowest BCUT2D eigenvalue weighted by Crippen LogP contribution is -2.24. The molecule has 0 radical (unpaired) electrons. The Bertz CT molecular complexity index is 758. The zero-order valence-electron chi connectivity index (χ0n) is 18.9. The van der Waals surface area contributed by atoms with Gasteiger partial charge in [-0.1, -0.05) is 31.2 Å². The lowest BCUT2D eigenvalue weighted by molar-refractivity contribution is -0.122. The minimum absolute atomic E-state index is 0.0658. The number of rotatable bonds is 17. The zero-order chi connectivity index (χ0) is 22.9. The number of nitrogens with one attached hydrogen (secondary N) is 1. The molecule has 2 aromatic rings. The van der Waals surface area contributed by atoms with Gasteiger partial charge in [0.05, 0.1) is 46.2 Å². The predicted octanol–water partition coefficient (Wildman–Crippen LogP) is 1.72. The summed E-state index contributed by atoms with van der Waals surface area (Å²) in [5.41, 5.74) is 1.80. The number of nitrogens with zero attached hydrogens (tertiary/aromatic N) is 4. The van der Waals surface area contributed by atoms with E-state index >= 15 is 0 Å². The van der Waals surface area contributed by atoms with Crippen molar-refractivity contribution in [1.82, 2.24) is 25.7 Å². The summed E-state index contributed by atoms with van der Waals surface area (Å²) in [7, 11) is 0. The molecule has 0 atom stereocenters. The molecule has 10 nitrogen and oxygen atoms in total. The highest BCUT2D eigenvalue weighted by atomic mass is 16.6. The topological polar surface area (TPSA) is 118 Å². The molecule has 0 aliphatic heterocycles. The summed E-state index contributed by atoms with van der Waals surface area (Å²) in [6, 6.07) is 7.58. The molecule has 0 saturated carbocycles. The quantitative estimate of drug-likeness (QED) is 0.362. The van der Waals surface area contributed by atoms with Gasteiger partial charge < -0.3 is 24.3 Å². The van der Waals surface area contributed by atoms with Gasteiger partial charge in [-0.05, 0) is 18.9 Å². The number of hydrogen-bond acceptors (Lipinski definition) is 9. The van der Waals surface area contributed by atoms with E-state index in [1.807, 2.05) is 24.3 Å². The third kappa shape index (κ3) is 11.2. The summed E-state index contributed by atoms with van der Waals surface area (Å²) in [6.45, 7) is 8.52. The third-order valence-electron chi connectivity index (χ3n) is 4.22. The third-order valence-corrected chi connectivity index (χ3v) is 4.22. The van der Waals surface area contributed by atoms with Gasteiger partial charge in [0, 0.05) is 25.1 Å². The van der Waals surface area contributed by atoms with Crippen LogP contribution >= 0.6 is 0 Å². The highest BCUT2D eigenvalue weighted by Crippen LogP contribution is 2.13. The number of amides is 1. The van der Waals surface area contributed by atoms with Gasteiger partial charge >= 0.3 is 0 Å². The Labute approximate surface area is 189 Å². The van der Waals surface area contributed by atoms with Crippen molar-refractivity contribution >= 4 is 5.91 Å². The largest absolute Gasteiger partial charge is 0.379 e. The molecule has 1 amide bonds. The van der Waals surface area contributed by atoms with Crippen molar-refractivity contribution < 1.29 is 23.7 Å². The van der Waals surface area contributed by atoms with Gasteiger partial charge in [0.1, 0.15) is 0 Å². The predicted molar refractivity (Wildman–Crippen MR) is 118 cm³/mol. The van der Waals surface area contributed by atoms with Crippen LogP contribution in [0.15, 0.2) is 24.3 Å². The van der Waals surface area contributed by atoms with Gasteiger partial charge in [0.15, 0.2) is 5.82 Å². The highest BCUT2D eigenvalue weighted by Gasteiger charge is 2.05. The molecule has 0 unspecified atom stereocenters. The maximum absolute atomic E-state index is 12.0. The summed E-state index contributed by atoms with van der Waals surface area (Å²) >= 11 is 0. The molecule has 2 rings (SSSR count). The molecule has 10 heteroatoms. The number of aromatic nitrogens is 4. The average molecular weight is 448 g/mol. The summed E-state index contributed by atoms with van der Waals surface area (Å²) in [5, 5.41) is 18.7. The standard InChI is InChI=1S/C22H33N5O5/c1-3-9-29-11-13-31-15-16-32-14-12-30-10-8-21(28)23-17-19-4-6-20(7-5-19)22-26-24-18(2)25-27-22/h4-7H,3,8-17H2,1-2H3,(H,23,28). The van der Waals surface area contributed by atoms with E-state index in [4.69, 9.17) is 18.9 Å². The minimum atomic E-state index is -0.0658. The van der Waals surface area contributed by atoms with E-state index in [1.54, 1.807) is 6.92 Å². The maximum Gasteiger partial charge on any atom is 0.222 e. The van der Waals surface area contributed by atoms with Crippen LogP contribution in [0.5, 0.6) is 0 Å². The van der Waals surface area contributed by atoms with Gasteiger partial charge in [0.2, 0.25) is 11.7 Å². The van der Waals surface area contributed by atoms with Gasteiger partial charge in [-0.15, -0.1) is 20.4 Å². The van der Waals surface area contributed by atoms with E-state index < -0.39 is 0 Å². The second-order valence-corrected chi connectivity index (χ2v) is 6.94. The molecular weight excluding hydrogens is 414 g/mol. The van der Waals surface area contributed by atoms with Gasteiger partial charge in [-0.3, -0.25) is 4.79 Å². The van der Waals surface area contributed by atoms with Crippen LogP contribution < -0.4 is 5.32 Å². The lowest BCUT2D eigenvalue weighted by Gasteiger charge is -2.08. The van der Waals surface area contributed by atoms with Crippen molar-refractivity contribution in [2.45, 2.75) is 33.2 Å². The molecule has 0 saturated heterocycles. The van der Waals surface area contributed by atoms with E-state index in [-0.39, 0.29) is 5.91 Å². The minimum Gasteiger partial charge on any atom is -0.379 e. The number of ether oxygens (including phenoxy) is 4. The Balaban J connectivity index is 1.46. The van der Waals surface area contributed by atoms with Crippen molar-refractivity contribution in [1.29, 1.82) is 0 Å². The summed E-state index contributed by atoms with van der Waals surface area (Å²) in [5.74, 6) is 0.930. The van der Waals surface area contributed by atoms with Crippen molar-refractivity contribution in [2.75, 3.05) is 52.9 Å². The zero-order valence-corrected chi connectivity index (χ0v) is 18.9. The van der Waals surface area contributed by atoms with Gasteiger partial charge in [0.25, 0.3) is 0 Å². The fraction of sp³-hybridized carbons (Fsp3) is 0.591. The first-order valence-corrected chi connectivity index (χ1v) is 10.9. The molecule has 1 aromatic carbocycles. The molecular formula is C22H33N5O5. The molecule has 1 N–H and O–H groups in total. The molecule has 0 aliphatic rings. The number of benzene rings is 1. The molecule has 0 bridgehead atoms. The average Bonchev–Trinajstić information content (AvgIpc) is 2.81. The van der Waals surface area contributed by atoms with Crippen LogP contribution in [0.3, 0.4) is 0 Å². The van der Waals surface area contributed by atoms with Crippen LogP contribution in [0.1, 0.15) is 31.2 Å².